The first-order valence-corrected chi connectivity index (χ1v) is 8.12. The zero-order chi connectivity index (χ0) is 18.5. The normalized spacial score (nSPS) is 13.2. The van der Waals surface area contributed by atoms with Gasteiger partial charge < -0.3 is 24.6 Å². The number of carbonyl (C=O) groups is 2. The van der Waals surface area contributed by atoms with Gasteiger partial charge in [-0.25, -0.2) is 4.79 Å². The molecule has 0 fully saturated rings. The number of hydrogen-bond donors (Lipinski definition) is 2. The molecule has 1 heterocycles. The number of hydrogen-bond acceptors (Lipinski definition) is 6. The van der Waals surface area contributed by atoms with Crippen LogP contribution >= 0.6 is 0 Å². The first-order valence-electron chi connectivity index (χ1n) is 8.12. The third kappa shape index (κ3) is 4.12. The van der Waals surface area contributed by atoms with E-state index >= 15 is 0 Å². The standard InChI is InChI=1S/C19H19NO6/c1-12(15-6-7-16-17(8-15)26-11-25-16)20-18(22)10-24-19(23)14-4-2-13(9-21)3-5-14/h2-8,12,21H,9-11H2,1H3,(H,20,22)/t12-/m0/s1. The van der Waals surface area contributed by atoms with Crippen LogP contribution in [0.3, 0.4) is 0 Å². The van der Waals surface area contributed by atoms with Gasteiger partial charge in [-0.15, -0.1) is 0 Å². The van der Waals surface area contributed by atoms with Crippen LogP contribution in [-0.4, -0.2) is 30.4 Å². The van der Waals surface area contributed by atoms with Crippen molar-refractivity contribution in [3.05, 3.63) is 59.2 Å². The van der Waals surface area contributed by atoms with Gasteiger partial charge in [0.25, 0.3) is 5.91 Å². The molecule has 26 heavy (non-hydrogen) atoms. The van der Waals surface area contributed by atoms with Crippen molar-refractivity contribution in [2.45, 2.75) is 19.6 Å². The summed E-state index contributed by atoms with van der Waals surface area (Å²) >= 11 is 0. The van der Waals surface area contributed by atoms with Crippen molar-refractivity contribution < 1.29 is 28.9 Å². The number of esters is 1. The van der Waals surface area contributed by atoms with Gasteiger partial charge in [-0.05, 0) is 42.3 Å². The van der Waals surface area contributed by atoms with Crippen molar-refractivity contribution in [1.29, 1.82) is 0 Å². The maximum absolute atomic E-state index is 12.0. The largest absolute Gasteiger partial charge is 0.454 e. The van der Waals surface area contributed by atoms with Gasteiger partial charge in [0.05, 0.1) is 18.2 Å². The summed E-state index contributed by atoms with van der Waals surface area (Å²) in [5.74, 6) is 0.311. The van der Waals surface area contributed by atoms with Gasteiger partial charge in [0.1, 0.15) is 0 Å². The molecule has 0 saturated heterocycles. The Kier molecular flexibility index (Phi) is 5.38. The molecule has 0 aromatic heterocycles. The highest BCUT2D eigenvalue weighted by atomic mass is 16.7. The van der Waals surface area contributed by atoms with E-state index in [1.807, 2.05) is 19.1 Å². The SMILES string of the molecule is C[C@H](NC(=O)COC(=O)c1ccc(CO)cc1)c1ccc2c(c1)OCO2. The van der Waals surface area contributed by atoms with E-state index in [1.165, 1.54) is 0 Å². The molecule has 0 saturated carbocycles. The zero-order valence-corrected chi connectivity index (χ0v) is 14.2. The summed E-state index contributed by atoms with van der Waals surface area (Å²) in [5, 5.41) is 11.8. The average molecular weight is 357 g/mol. The van der Waals surface area contributed by atoms with Crippen LogP contribution < -0.4 is 14.8 Å². The van der Waals surface area contributed by atoms with Crippen LogP contribution in [0.1, 0.15) is 34.5 Å². The number of aliphatic hydroxyl groups is 1. The Bertz CT molecular complexity index is 802. The molecule has 1 amide bonds. The Labute approximate surface area is 150 Å². The zero-order valence-electron chi connectivity index (χ0n) is 14.2. The number of benzene rings is 2. The number of rotatable bonds is 6. The van der Waals surface area contributed by atoms with E-state index < -0.39 is 11.9 Å². The van der Waals surface area contributed by atoms with Crippen LogP contribution in [-0.2, 0) is 16.1 Å². The van der Waals surface area contributed by atoms with Crippen molar-refractivity contribution in [2.24, 2.45) is 0 Å². The minimum Gasteiger partial charge on any atom is -0.454 e. The van der Waals surface area contributed by atoms with E-state index in [-0.39, 0.29) is 26.0 Å². The van der Waals surface area contributed by atoms with Gasteiger partial charge in [0.2, 0.25) is 6.79 Å². The molecule has 7 heteroatoms. The number of aliphatic hydroxyl groups excluding tert-OH is 1. The van der Waals surface area contributed by atoms with Crippen molar-refractivity contribution in [3.63, 3.8) is 0 Å². The molecule has 1 atom stereocenters. The van der Waals surface area contributed by atoms with Crippen molar-refractivity contribution in [1.82, 2.24) is 5.32 Å². The quantitative estimate of drug-likeness (QED) is 0.768. The second-order valence-electron chi connectivity index (χ2n) is 5.83. The predicted octanol–water partition coefficient (Wildman–Crippen LogP) is 1.94. The van der Waals surface area contributed by atoms with Crippen LogP contribution in [0.25, 0.3) is 0 Å². The van der Waals surface area contributed by atoms with Crippen LogP contribution in [0.4, 0.5) is 0 Å². The van der Waals surface area contributed by atoms with Gasteiger partial charge in [-0.3, -0.25) is 4.79 Å². The minimum absolute atomic E-state index is 0.102. The van der Waals surface area contributed by atoms with E-state index in [2.05, 4.69) is 5.32 Å². The van der Waals surface area contributed by atoms with Gasteiger partial charge in [0.15, 0.2) is 18.1 Å². The van der Waals surface area contributed by atoms with Crippen LogP contribution in [0.15, 0.2) is 42.5 Å². The van der Waals surface area contributed by atoms with E-state index in [0.717, 1.165) is 5.56 Å². The third-order valence-corrected chi connectivity index (χ3v) is 3.98. The molecule has 2 aromatic rings. The highest BCUT2D eigenvalue weighted by molar-refractivity contribution is 5.91. The topological polar surface area (TPSA) is 94.1 Å². The van der Waals surface area contributed by atoms with Crippen molar-refractivity contribution in [2.75, 3.05) is 13.4 Å². The first-order chi connectivity index (χ1) is 12.6. The van der Waals surface area contributed by atoms with E-state index in [0.29, 0.717) is 22.6 Å². The summed E-state index contributed by atoms with van der Waals surface area (Å²) in [6.07, 6.45) is 0. The van der Waals surface area contributed by atoms with Crippen LogP contribution in [0.2, 0.25) is 0 Å². The summed E-state index contributed by atoms with van der Waals surface area (Å²) in [6.45, 7) is 1.53. The molecule has 0 radical (unpaired) electrons. The van der Waals surface area contributed by atoms with Crippen LogP contribution in [0.5, 0.6) is 11.5 Å². The molecule has 7 nitrogen and oxygen atoms in total. The summed E-state index contributed by atoms with van der Waals surface area (Å²) in [7, 11) is 0. The molecule has 0 bridgehead atoms. The predicted molar refractivity (Wildman–Crippen MR) is 91.8 cm³/mol. The molecule has 0 unspecified atom stereocenters. The Hall–Kier alpha value is -3.06. The average Bonchev–Trinajstić information content (AvgIpc) is 3.14. The molecule has 136 valence electrons. The lowest BCUT2D eigenvalue weighted by atomic mass is 10.1. The fourth-order valence-electron chi connectivity index (χ4n) is 2.51. The highest BCUT2D eigenvalue weighted by Gasteiger charge is 2.17. The number of fused-ring (bicyclic) bond motifs is 1. The molecule has 1 aliphatic heterocycles. The van der Waals surface area contributed by atoms with Gasteiger partial charge >= 0.3 is 5.97 Å². The second-order valence-corrected chi connectivity index (χ2v) is 5.83. The molecule has 1 aliphatic rings. The lowest BCUT2D eigenvalue weighted by Gasteiger charge is -2.15. The maximum Gasteiger partial charge on any atom is 0.338 e. The van der Waals surface area contributed by atoms with Crippen molar-refractivity contribution >= 4 is 11.9 Å². The molecule has 0 spiro atoms. The Morgan fingerprint density at radius 1 is 1.15 bits per heavy atom. The highest BCUT2D eigenvalue weighted by Crippen LogP contribution is 2.34. The van der Waals surface area contributed by atoms with Crippen molar-refractivity contribution in [3.8, 4) is 11.5 Å². The maximum atomic E-state index is 12.0. The number of amides is 1. The Morgan fingerprint density at radius 2 is 1.88 bits per heavy atom. The van der Waals surface area contributed by atoms with E-state index in [9.17, 15) is 9.59 Å². The lowest BCUT2D eigenvalue weighted by molar-refractivity contribution is -0.124. The fourth-order valence-corrected chi connectivity index (χ4v) is 2.51. The van der Waals surface area contributed by atoms with E-state index in [1.54, 1.807) is 30.3 Å². The van der Waals surface area contributed by atoms with Gasteiger partial charge in [-0.2, -0.15) is 0 Å². The Balaban J connectivity index is 1.51. The summed E-state index contributed by atoms with van der Waals surface area (Å²) in [5.41, 5.74) is 1.86. The smallest absolute Gasteiger partial charge is 0.338 e. The summed E-state index contributed by atoms with van der Waals surface area (Å²) in [4.78, 5) is 24.0. The lowest BCUT2D eigenvalue weighted by Crippen LogP contribution is -2.31. The summed E-state index contributed by atoms with van der Waals surface area (Å²) < 4.78 is 15.6. The fraction of sp³-hybridized carbons (Fsp3) is 0.263. The molecule has 0 aliphatic carbocycles. The monoisotopic (exact) mass is 357 g/mol. The Morgan fingerprint density at radius 3 is 2.62 bits per heavy atom. The van der Waals surface area contributed by atoms with Gasteiger partial charge in [0, 0.05) is 0 Å². The number of ether oxygens (including phenoxy) is 3. The minimum atomic E-state index is -0.597. The van der Waals surface area contributed by atoms with Crippen LogP contribution in [0, 0.1) is 0 Å². The molecule has 3 rings (SSSR count). The first kappa shape index (κ1) is 17.8. The molecular weight excluding hydrogens is 338 g/mol. The van der Waals surface area contributed by atoms with E-state index in [4.69, 9.17) is 19.3 Å². The summed E-state index contributed by atoms with van der Waals surface area (Å²) in [6, 6.07) is 11.5. The molecule has 2 aromatic carbocycles. The molecule has 2 N–H and O–H groups in total. The number of carbonyl (C=O) groups excluding carboxylic acids is 2. The number of nitrogens with one attached hydrogen (secondary N) is 1. The molecular formula is C19H19NO6. The second kappa shape index (κ2) is 7.88. The third-order valence-electron chi connectivity index (χ3n) is 3.98. The van der Waals surface area contributed by atoms with Gasteiger partial charge in [-0.1, -0.05) is 18.2 Å².